The van der Waals surface area contributed by atoms with Crippen molar-refractivity contribution >= 4 is 17.8 Å². The molecule has 0 aliphatic carbocycles. The fourth-order valence-corrected chi connectivity index (χ4v) is 3.95. The van der Waals surface area contributed by atoms with E-state index in [4.69, 9.17) is 0 Å². The van der Waals surface area contributed by atoms with Crippen LogP contribution in [-0.4, -0.2) is 56.2 Å². The number of nitrogens with one attached hydrogen (secondary N) is 1. The Hall–Kier alpha value is -3.94. The summed E-state index contributed by atoms with van der Waals surface area (Å²) in [5.74, 6) is -1.78. The molecular formula is C24H24N4O4. The third-order valence-electron chi connectivity index (χ3n) is 5.84. The predicted octanol–water partition coefficient (Wildman–Crippen LogP) is 2.73. The van der Waals surface area contributed by atoms with Crippen molar-refractivity contribution in [3.05, 3.63) is 72.4 Å². The maximum absolute atomic E-state index is 13.1. The number of likely N-dealkylation sites (tertiary alicyclic amines) is 1. The van der Waals surface area contributed by atoms with Crippen molar-refractivity contribution in [3.8, 4) is 16.9 Å². The summed E-state index contributed by atoms with van der Waals surface area (Å²) < 4.78 is 1.68. The molecular weight excluding hydrogens is 408 g/mol. The molecule has 0 atom stereocenters. The number of aromatic nitrogens is 2. The molecule has 2 N–H and O–H groups in total. The van der Waals surface area contributed by atoms with E-state index in [9.17, 15) is 19.5 Å². The van der Waals surface area contributed by atoms with Crippen LogP contribution < -0.4 is 5.32 Å². The highest BCUT2D eigenvalue weighted by Gasteiger charge is 2.44. The largest absolute Gasteiger partial charge is 0.480 e. The number of carbonyl (C=O) groups is 3. The summed E-state index contributed by atoms with van der Waals surface area (Å²) in [6, 6.07) is 20.7. The minimum absolute atomic E-state index is 0.107. The summed E-state index contributed by atoms with van der Waals surface area (Å²) in [4.78, 5) is 38.4. The molecule has 2 heterocycles. The molecule has 164 valence electrons. The molecule has 0 bridgehead atoms. The number of carboxylic acid groups (broad SMARTS) is 1. The summed E-state index contributed by atoms with van der Waals surface area (Å²) in [7, 11) is 0. The highest BCUT2D eigenvalue weighted by molar-refractivity contribution is 5.97. The molecule has 1 fully saturated rings. The van der Waals surface area contributed by atoms with Crippen LogP contribution in [0, 0.1) is 0 Å². The lowest BCUT2D eigenvalue weighted by Gasteiger charge is -2.38. The number of aliphatic carboxylic acids is 1. The number of piperidine rings is 1. The third-order valence-corrected chi connectivity index (χ3v) is 5.84. The van der Waals surface area contributed by atoms with E-state index in [1.165, 1.54) is 6.92 Å². The average Bonchev–Trinajstić information content (AvgIpc) is 3.26. The highest BCUT2D eigenvalue weighted by atomic mass is 16.4. The van der Waals surface area contributed by atoms with Gasteiger partial charge in [-0.3, -0.25) is 9.59 Å². The zero-order valence-corrected chi connectivity index (χ0v) is 17.7. The lowest BCUT2D eigenvalue weighted by atomic mass is 9.87. The predicted molar refractivity (Wildman–Crippen MR) is 118 cm³/mol. The number of carbonyl (C=O) groups excluding carboxylic acids is 2. The first-order valence-corrected chi connectivity index (χ1v) is 10.4. The van der Waals surface area contributed by atoms with Crippen LogP contribution in [0.3, 0.4) is 0 Å². The van der Waals surface area contributed by atoms with Gasteiger partial charge in [0.2, 0.25) is 5.91 Å². The molecule has 32 heavy (non-hydrogen) atoms. The molecule has 1 aliphatic rings. The Morgan fingerprint density at radius 3 is 2.12 bits per heavy atom. The fourth-order valence-electron chi connectivity index (χ4n) is 3.95. The van der Waals surface area contributed by atoms with Gasteiger partial charge in [-0.1, -0.05) is 48.5 Å². The zero-order chi connectivity index (χ0) is 22.7. The number of nitrogens with zero attached hydrogens (tertiary/aromatic N) is 3. The van der Waals surface area contributed by atoms with Crippen LogP contribution in [-0.2, 0) is 9.59 Å². The van der Waals surface area contributed by atoms with E-state index in [1.807, 2.05) is 60.7 Å². The van der Waals surface area contributed by atoms with Crippen LogP contribution in [0.5, 0.6) is 0 Å². The van der Waals surface area contributed by atoms with Gasteiger partial charge in [-0.15, -0.1) is 0 Å². The molecule has 2 amide bonds. The standard InChI is InChI=1S/C24H24N4O4/c1-17(29)27-14-12-24(13-15-27,23(31)32)25-22(30)20-16-21(18-8-4-2-5-9-18)28(26-20)19-10-6-3-7-11-19/h2-11,16H,12-15H2,1H3,(H,25,30)(H,31,32). The van der Waals surface area contributed by atoms with Crippen LogP contribution in [0.25, 0.3) is 16.9 Å². The summed E-state index contributed by atoms with van der Waals surface area (Å²) in [6.07, 6.45) is 0.275. The monoisotopic (exact) mass is 432 g/mol. The van der Waals surface area contributed by atoms with Crippen molar-refractivity contribution in [2.24, 2.45) is 0 Å². The fraction of sp³-hybridized carbons (Fsp3) is 0.250. The Balaban J connectivity index is 1.66. The summed E-state index contributed by atoms with van der Waals surface area (Å²) >= 11 is 0. The first-order chi connectivity index (χ1) is 15.4. The van der Waals surface area contributed by atoms with Gasteiger partial charge in [-0.25, -0.2) is 9.48 Å². The van der Waals surface area contributed by atoms with Crippen LogP contribution >= 0.6 is 0 Å². The summed E-state index contributed by atoms with van der Waals surface area (Å²) in [5, 5.41) is 17.1. The Kier molecular flexibility index (Phi) is 5.77. The average molecular weight is 432 g/mol. The lowest BCUT2D eigenvalue weighted by Crippen LogP contribution is -2.60. The van der Waals surface area contributed by atoms with Gasteiger partial charge >= 0.3 is 5.97 Å². The topological polar surface area (TPSA) is 105 Å². The number of rotatable bonds is 5. The van der Waals surface area contributed by atoms with Crippen molar-refractivity contribution in [3.63, 3.8) is 0 Å². The van der Waals surface area contributed by atoms with E-state index in [-0.39, 0.29) is 37.5 Å². The quantitative estimate of drug-likeness (QED) is 0.645. The number of hydrogen-bond donors (Lipinski definition) is 2. The molecule has 0 unspecified atom stereocenters. The number of para-hydroxylation sites is 1. The van der Waals surface area contributed by atoms with Gasteiger partial charge in [-0.2, -0.15) is 5.10 Å². The molecule has 1 aromatic heterocycles. The van der Waals surface area contributed by atoms with Gasteiger partial charge in [0.25, 0.3) is 5.91 Å². The number of amides is 2. The van der Waals surface area contributed by atoms with Crippen LogP contribution in [0.1, 0.15) is 30.3 Å². The Labute approximate surface area is 185 Å². The van der Waals surface area contributed by atoms with Gasteiger partial charge in [0, 0.05) is 25.6 Å². The van der Waals surface area contributed by atoms with E-state index < -0.39 is 17.4 Å². The molecule has 8 heteroatoms. The van der Waals surface area contributed by atoms with E-state index in [1.54, 1.807) is 15.6 Å². The van der Waals surface area contributed by atoms with Crippen molar-refractivity contribution in [2.45, 2.75) is 25.3 Å². The number of hydrogen-bond acceptors (Lipinski definition) is 4. The number of carboxylic acids is 1. The van der Waals surface area contributed by atoms with Crippen LogP contribution in [0.2, 0.25) is 0 Å². The number of benzene rings is 2. The minimum Gasteiger partial charge on any atom is -0.480 e. The molecule has 0 saturated carbocycles. The van der Waals surface area contributed by atoms with Crippen LogP contribution in [0.4, 0.5) is 0 Å². The summed E-state index contributed by atoms with van der Waals surface area (Å²) in [5.41, 5.74) is 1.07. The maximum Gasteiger partial charge on any atom is 0.329 e. The summed E-state index contributed by atoms with van der Waals surface area (Å²) in [6.45, 7) is 2.00. The lowest BCUT2D eigenvalue weighted by molar-refractivity contribution is -0.148. The van der Waals surface area contributed by atoms with E-state index >= 15 is 0 Å². The molecule has 8 nitrogen and oxygen atoms in total. The minimum atomic E-state index is -1.44. The first-order valence-electron chi connectivity index (χ1n) is 10.4. The molecule has 3 aromatic rings. The van der Waals surface area contributed by atoms with Gasteiger partial charge in [0.05, 0.1) is 11.4 Å². The van der Waals surface area contributed by atoms with E-state index in [2.05, 4.69) is 10.4 Å². The van der Waals surface area contributed by atoms with Crippen LogP contribution in [0.15, 0.2) is 66.7 Å². The molecule has 4 rings (SSSR count). The molecule has 0 radical (unpaired) electrons. The Morgan fingerprint density at radius 1 is 0.969 bits per heavy atom. The third kappa shape index (κ3) is 4.12. The smallest absolute Gasteiger partial charge is 0.329 e. The maximum atomic E-state index is 13.1. The van der Waals surface area contributed by atoms with E-state index in [0.29, 0.717) is 0 Å². The first kappa shape index (κ1) is 21.3. The van der Waals surface area contributed by atoms with Crippen molar-refractivity contribution < 1.29 is 19.5 Å². The van der Waals surface area contributed by atoms with Gasteiger partial charge in [0.1, 0.15) is 5.54 Å². The molecule has 1 aliphatic heterocycles. The zero-order valence-electron chi connectivity index (χ0n) is 17.7. The Morgan fingerprint density at radius 2 is 1.56 bits per heavy atom. The second kappa shape index (κ2) is 8.66. The van der Waals surface area contributed by atoms with Gasteiger partial charge < -0.3 is 15.3 Å². The van der Waals surface area contributed by atoms with Crippen molar-refractivity contribution in [1.29, 1.82) is 0 Å². The highest BCUT2D eigenvalue weighted by Crippen LogP contribution is 2.26. The Bertz CT molecular complexity index is 1080. The molecule has 2 aromatic carbocycles. The van der Waals surface area contributed by atoms with Gasteiger partial charge in [0.15, 0.2) is 5.69 Å². The SMILES string of the molecule is CC(=O)N1CCC(NC(=O)c2cc(-c3ccccc3)n(-c3ccccc3)n2)(C(=O)O)CC1. The van der Waals surface area contributed by atoms with Crippen molar-refractivity contribution in [2.75, 3.05) is 13.1 Å². The van der Waals surface area contributed by atoms with Gasteiger partial charge in [-0.05, 0) is 31.0 Å². The van der Waals surface area contributed by atoms with E-state index in [0.717, 1.165) is 16.9 Å². The second-order valence-electron chi connectivity index (χ2n) is 7.88. The normalized spacial score (nSPS) is 15.2. The second-order valence-corrected chi connectivity index (χ2v) is 7.88. The molecule has 1 saturated heterocycles. The van der Waals surface area contributed by atoms with Crippen molar-refractivity contribution in [1.82, 2.24) is 20.0 Å². The molecule has 0 spiro atoms.